The standard InChI is InChI=1S/C11H8N4/c1-7-9-3-2-8-4-12-5-14-10(8)11(9)15-6-13-7/h2-6H,1H3. The van der Waals surface area contributed by atoms with E-state index in [1.807, 2.05) is 19.1 Å². The molecule has 0 amide bonds. The molecule has 0 unspecified atom stereocenters. The molecule has 3 rings (SSSR count). The molecule has 4 heteroatoms. The predicted octanol–water partition coefficient (Wildman–Crippen LogP) is 1.88. The minimum atomic E-state index is 0.882. The van der Waals surface area contributed by atoms with E-state index in [1.165, 1.54) is 0 Å². The van der Waals surface area contributed by atoms with Gasteiger partial charge in [0.25, 0.3) is 0 Å². The summed E-state index contributed by atoms with van der Waals surface area (Å²) in [6.45, 7) is 1.97. The minimum Gasteiger partial charge on any atom is -0.244 e. The maximum atomic E-state index is 4.27. The van der Waals surface area contributed by atoms with Crippen LogP contribution in [0, 0.1) is 6.92 Å². The van der Waals surface area contributed by atoms with Crippen molar-refractivity contribution in [2.24, 2.45) is 0 Å². The largest absolute Gasteiger partial charge is 0.244 e. The molecule has 0 spiro atoms. The van der Waals surface area contributed by atoms with Gasteiger partial charge in [0, 0.05) is 22.7 Å². The number of hydrogen-bond acceptors (Lipinski definition) is 4. The molecule has 0 aliphatic rings. The Morgan fingerprint density at radius 1 is 0.933 bits per heavy atom. The molecule has 15 heavy (non-hydrogen) atoms. The second-order valence-electron chi connectivity index (χ2n) is 3.38. The van der Waals surface area contributed by atoms with Crippen LogP contribution in [0.4, 0.5) is 0 Å². The van der Waals surface area contributed by atoms with Gasteiger partial charge >= 0.3 is 0 Å². The smallest absolute Gasteiger partial charge is 0.116 e. The van der Waals surface area contributed by atoms with Gasteiger partial charge in [0.15, 0.2) is 0 Å². The van der Waals surface area contributed by atoms with E-state index in [0.717, 1.165) is 27.5 Å². The zero-order chi connectivity index (χ0) is 10.3. The summed E-state index contributed by atoms with van der Waals surface area (Å²) < 4.78 is 0. The Kier molecular flexibility index (Phi) is 1.62. The third-order valence-electron chi connectivity index (χ3n) is 2.48. The van der Waals surface area contributed by atoms with E-state index in [2.05, 4.69) is 19.9 Å². The van der Waals surface area contributed by atoms with Crippen LogP contribution in [0.25, 0.3) is 21.8 Å². The zero-order valence-electron chi connectivity index (χ0n) is 8.18. The molecule has 0 bridgehead atoms. The van der Waals surface area contributed by atoms with E-state index in [9.17, 15) is 0 Å². The van der Waals surface area contributed by atoms with Gasteiger partial charge in [-0.05, 0) is 6.92 Å². The molecule has 72 valence electrons. The Hall–Kier alpha value is -2.10. The number of nitrogens with zero attached hydrogens (tertiary/aromatic N) is 4. The molecule has 0 saturated carbocycles. The minimum absolute atomic E-state index is 0.882. The predicted molar refractivity (Wildman–Crippen MR) is 57.4 cm³/mol. The van der Waals surface area contributed by atoms with Crippen molar-refractivity contribution >= 4 is 21.8 Å². The molecule has 4 nitrogen and oxygen atoms in total. The van der Waals surface area contributed by atoms with E-state index in [-0.39, 0.29) is 0 Å². The van der Waals surface area contributed by atoms with Gasteiger partial charge in [-0.1, -0.05) is 12.1 Å². The summed E-state index contributed by atoms with van der Waals surface area (Å²) in [5.41, 5.74) is 2.75. The lowest BCUT2D eigenvalue weighted by Crippen LogP contribution is -1.90. The first-order valence-corrected chi connectivity index (χ1v) is 4.66. The fourth-order valence-electron chi connectivity index (χ4n) is 1.71. The maximum absolute atomic E-state index is 4.27. The molecule has 0 atom stereocenters. The molecule has 0 aliphatic heterocycles. The summed E-state index contributed by atoms with van der Waals surface area (Å²) in [5, 5.41) is 2.05. The summed E-state index contributed by atoms with van der Waals surface area (Å²) in [6.07, 6.45) is 4.90. The number of aromatic nitrogens is 4. The van der Waals surface area contributed by atoms with Gasteiger partial charge in [-0.15, -0.1) is 0 Å². The SMILES string of the molecule is Cc1ncnc2c1ccc1cncnc12. The first-order chi connectivity index (χ1) is 7.36. The van der Waals surface area contributed by atoms with Crippen LogP contribution in [-0.2, 0) is 0 Å². The third kappa shape index (κ3) is 1.15. The summed E-state index contributed by atoms with van der Waals surface area (Å²) in [7, 11) is 0. The molecular formula is C11H8N4. The van der Waals surface area contributed by atoms with E-state index in [1.54, 1.807) is 18.9 Å². The fourth-order valence-corrected chi connectivity index (χ4v) is 1.71. The van der Waals surface area contributed by atoms with Crippen LogP contribution in [0.3, 0.4) is 0 Å². The Morgan fingerprint density at radius 3 is 2.73 bits per heavy atom. The highest BCUT2D eigenvalue weighted by Gasteiger charge is 2.04. The Labute approximate surface area is 86.0 Å². The lowest BCUT2D eigenvalue weighted by molar-refractivity contribution is 1.15. The number of benzene rings is 1. The zero-order valence-corrected chi connectivity index (χ0v) is 8.18. The normalized spacial score (nSPS) is 11.0. The number of rotatable bonds is 0. The highest BCUT2D eigenvalue weighted by atomic mass is 14.9. The van der Waals surface area contributed by atoms with Crippen molar-refractivity contribution in [3.05, 3.63) is 36.7 Å². The third-order valence-corrected chi connectivity index (χ3v) is 2.48. The number of hydrogen-bond donors (Lipinski definition) is 0. The van der Waals surface area contributed by atoms with E-state index < -0.39 is 0 Å². The first-order valence-electron chi connectivity index (χ1n) is 4.66. The second-order valence-corrected chi connectivity index (χ2v) is 3.38. The molecule has 0 fully saturated rings. The molecule has 1 aromatic carbocycles. The van der Waals surface area contributed by atoms with Crippen molar-refractivity contribution in [3.8, 4) is 0 Å². The number of fused-ring (bicyclic) bond motifs is 3. The van der Waals surface area contributed by atoms with Crippen LogP contribution < -0.4 is 0 Å². The first kappa shape index (κ1) is 8.23. The fraction of sp³-hybridized carbons (Fsp3) is 0.0909. The van der Waals surface area contributed by atoms with Gasteiger partial charge in [0.1, 0.15) is 18.2 Å². The lowest BCUT2D eigenvalue weighted by atomic mass is 10.1. The quantitative estimate of drug-likeness (QED) is 0.515. The molecule has 0 saturated heterocycles. The molecule has 2 aromatic heterocycles. The molecule has 2 heterocycles. The van der Waals surface area contributed by atoms with Crippen LogP contribution in [0.15, 0.2) is 31.0 Å². The van der Waals surface area contributed by atoms with Crippen LogP contribution >= 0.6 is 0 Å². The molecule has 0 aliphatic carbocycles. The molecular weight excluding hydrogens is 188 g/mol. The van der Waals surface area contributed by atoms with Gasteiger partial charge < -0.3 is 0 Å². The van der Waals surface area contributed by atoms with Crippen molar-refractivity contribution in [2.45, 2.75) is 6.92 Å². The van der Waals surface area contributed by atoms with Gasteiger partial charge in [-0.3, -0.25) is 0 Å². The van der Waals surface area contributed by atoms with Gasteiger partial charge in [-0.2, -0.15) is 0 Å². The van der Waals surface area contributed by atoms with Gasteiger partial charge in [0.2, 0.25) is 0 Å². The number of aryl methyl sites for hydroxylation is 1. The summed E-state index contributed by atoms with van der Waals surface area (Å²) in [4.78, 5) is 16.7. The summed E-state index contributed by atoms with van der Waals surface area (Å²) >= 11 is 0. The highest BCUT2D eigenvalue weighted by molar-refractivity contribution is 6.02. The monoisotopic (exact) mass is 196 g/mol. The van der Waals surface area contributed by atoms with Crippen molar-refractivity contribution < 1.29 is 0 Å². The summed E-state index contributed by atoms with van der Waals surface area (Å²) in [6, 6.07) is 4.00. The van der Waals surface area contributed by atoms with Crippen LogP contribution in [-0.4, -0.2) is 19.9 Å². The van der Waals surface area contributed by atoms with Crippen molar-refractivity contribution in [3.63, 3.8) is 0 Å². The molecule has 0 radical (unpaired) electrons. The van der Waals surface area contributed by atoms with E-state index >= 15 is 0 Å². The topological polar surface area (TPSA) is 51.6 Å². The average Bonchev–Trinajstić information content (AvgIpc) is 2.29. The molecule has 3 aromatic rings. The van der Waals surface area contributed by atoms with Crippen molar-refractivity contribution in [1.29, 1.82) is 0 Å². The van der Waals surface area contributed by atoms with Crippen LogP contribution in [0.5, 0.6) is 0 Å². The van der Waals surface area contributed by atoms with Gasteiger partial charge in [-0.25, -0.2) is 19.9 Å². The maximum Gasteiger partial charge on any atom is 0.116 e. The van der Waals surface area contributed by atoms with Crippen LogP contribution in [0.2, 0.25) is 0 Å². The van der Waals surface area contributed by atoms with E-state index in [4.69, 9.17) is 0 Å². The second kappa shape index (κ2) is 2.95. The lowest BCUT2D eigenvalue weighted by Gasteiger charge is -2.02. The van der Waals surface area contributed by atoms with Crippen LogP contribution in [0.1, 0.15) is 5.69 Å². The van der Waals surface area contributed by atoms with E-state index in [0.29, 0.717) is 0 Å². The Balaban J connectivity index is 2.60. The van der Waals surface area contributed by atoms with Gasteiger partial charge in [0.05, 0.1) is 5.52 Å². The highest BCUT2D eigenvalue weighted by Crippen LogP contribution is 2.21. The average molecular weight is 196 g/mol. The molecule has 0 N–H and O–H groups in total. The van der Waals surface area contributed by atoms with Crippen molar-refractivity contribution in [1.82, 2.24) is 19.9 Å². The Bertz CT molecular complexity index is 648. The van der Waals surface area contributed by atoms with Crippen molar-refractivity contribution in [2.75, 3.05) is 0 Å². The Morgan fingerprint density at radius 2 is 1.80 bits per heavy atom. The summed E-state index contributed by atoms with van der Waals surface area (Å²) in [5.74, 6) is 0.